The molecule has 9 nitrogen and oxygen atoms in total. The number of nitrogens with zero attached hydrogens (tertiary/aromatic N) is 4. The lowest BCUT2D eigenvalue weighted by Gasteiger charge is -2.29. The van der Waals surface area contributed by atoms with E-state index >= 15 is 0 Å². The van der Waals surface area contributed by atoms with Gasteiger partial charge in [-0.05, 0) is 43.3 Å². The van der Waals surface area contributed by atoms with E-state index < -0.39 is 11.9 Å². The maximum absolute atomic E-state index is 13.6. The van der Waals surface area contributed by atoms with Crippen molar-refractivity contribution in [2.24, 2.45) is 0 Å². The van der Waals surface area contributed by atoms with E-state index in [0.29, 0.717) is 29.4 Å². The molecule has 0 atom stereocenters. The first-order chi connectivity index (χ1) is 16.4. The van der Waals surface area contributed by atoms with Crippen LogP contribution in [-0.2, 0) is 4.74 Å². The molecule has 0 radical (unpaired) electrons. The van der Waals surface area contributed by atoms with Crippen LogP contribution in [0.3, 0.4) is 0 Å². The Bertz CT molecular complexity index is 1420. The van der Waals surface area contributed by atoms with Crippen LogP contribution in [0.1, 0.15) is 16.1 Å². The van der Waals surface area contributed by atoms with Crippen molar-refractivity contribution in [3.63, 3.8) is 0 Å². The van der Waals surface area contributed by atoms with Gasteiger partial charge in [-0.15, -0.1) is 0 Å². The molecule has 1 aliphatic heterocycles. The van der Waals surface area contributed by atoms with E-state index in [1.165, 1.54) is 19.2 Å². The fourth-order valence-corrected chi connectivity index (χ4v) is 3.94. The van der Waals surface area contributed by atoms with Gasteiger partial charge in [-0.3, -0.25) is 10.1 Å². The Kier molecular flexibility index (Phi) is 5.33. The van der Waals surface area contributed by atoms with Crippen molar-refractivity contribution in [3.8, 4) is 16.9 Å². The molecule has 0 unspecified atom stereocenters. The highest BCUT2D eigenvalue weighted by atomic mass is 19.1. The molecule has 0 fully saturated rings. The number of anilines is 2. The van der Waals surface area contributed by atoms with Gasteiger partial charge in [-0.25, -0.2) is 18.7 Å². The number of hydrogen-bond acceptors (Lipinski definition) is 6. The predicted octanol–water partition coefficient (Wildman–Crippen LogP) is 4.06. The van der Waals surface area contributed by atoms with Gasteiger partial charge in [0.15, 0.2) is 0 Å². The van der Waals surface area contributed by atoms with Gasteiger partial charge in [0.05, 0.1) is 31.1 Å². The Morgan fingerprint density at radius 2 is 2.00 bits per heavy atom. The SMILES string of the molecule is COC(=O)Nc1ccc(-c2cnn3c(C)cc(C(=O)N4CCOc5cc(F)ccc54)cc23)cn1. The number of benzene rings is 1. The molecule has 2 amide bonds. The van der Waals surface area contributed by atoms with Crippen LogP contribution in [0.5, 0.6) is 5.75 Å². The molecule has 172 valence electrons. The van der Waals surface area contributed by atoms with Crippen LogP contribution in [0.4, 0.5) is 20.7 Å². The van der Waals surface area contributed by atoms with E-state index in [9.17, 15) is 14.0 Å². The smallest absolute Gasteiger partial charge is 0.412 e. The molecule has 4 aromatic rings. The van der Waals surface area contributed by atoms with Gasteiger partial charge in [0, 0.05) is 34.6 Å². The molecule has 0 saturated carbocycles. The fraction of sp³-hybridized carbons (Fsp3) is 0.167. The number of halogens is 1. The molecule has 4 heterocycles. The standard InChI is InChI=1S/C24H20FN5O4/c1-14-9-16(23(31)29-7-8-34-21-11-17(25)4-5-19(21)29)10-20-18(13-27-30(14)20)15-3-6-22(26-12-15)28-24(32)33-2/h3-6,9-13H,7-8H2,1-2H3,(H,26,28,32). The molecule has 1 N–H and O–H groups in total. The van der Waals surface area contributed by atoms with Crippen LogP contribution in [0.2, 0.25) is 0 Å². The second kappa shape index (κ2) is 8.47. The van der Waals surface area contributed by atoms with Crippen molar-refractivity contribution in [3.05, 3.63) is 71.9 Å². The normalized spacial score (nSPS) is 12.7. The van der Waals surface area contributed by atoms with Crippen molar-refractivity contribution in [2.75, 3.05) is 30.5 Å². The monoisotopic (exact) mass is 461 g/mol. The summed E-state index contributed by atoms with van der Waals surface area (Å²) >= 11 is 0. The Morgan fingerprint density at radius 1 is 1.15 bits per heavy atom. The lowest BCUT2D eigenvalue weighted by molar-refractivity contribution is 0.0976. The summed E-state index contributed by atoms with van der Waals surface area (Å²) < 4.78 is 25.5. The Hall–Kier alpha value is -4.47. The number of methoxy groups -OCH3 is 1. The van der Waals surface area contributed by atoms with Gasteiger partial charge in [0.2, 0.25) is 0 Å². The molecule has 34 heavy (non-hydrogen) atoms. The van der Waals surface area contributed by atoms with Gasteiger partial charge in [0.1, 0.15) is 24.0 Å². The van der Waals surface area contributed by atoms with Crippen molar-refractivity contribution >= 4 is 29.0 Å². The first-order valence-corrected chi connectivity index (χ1v) is 10.5. The minimum Gasteiger partial charge on any atom is -0.489 e. The number of aromatic nitrogens is 3. The van der Waals surface area contributed by atoms with E-state index in [0.717, 1.165) is 22.3 Å². The molecule has 5 rings (SSSR count). The van der Waals surface area contributed by atoms with Gasteiger partial charge in [0.25, 0.3) is 5.91 Å². The van der Waals surface area contributed by atoms with Crippen LogP contribution in [0.15, 0.2) is 54.9 Å². The summed E-state index contributed by atoms with van der Waals surface area (Å²) in [4.78, 5) is 30.7. The first kappa shape index (κ1) is 21.4. The highest BCUT2D eigenvalue weighted by Crippen LogP contribution is 2.34. The maximum Gasteiger partial charge on any atom is 0.412 e. The number of fused-ring (bicyclic) bond motifs is 2. The third kappa shape index (κ3) is 3.79. The Labute approximate surface area is 193 Å². The third-order valence-electron chi connectivity index (χ3n) is 5.56. The molecular weight excluding hydrogens is 441 g/mol. The number of carbonyl (C=O) groups excluding carboxylic acids is 2. The van der Waals surface area contributed by atoms with E-state index in [-0.39, 0.29) is 12.5 Å². The largest absolute Gasteiger partial charge is 0.489 e. The molecule has 0 aliphatic carbocycles. The first-order valence-electron chi connectivity index (χ1n) is 10.5. The Balaban J connectivity index is 1.51. The van der Waals surface area contributed by atoms with E-state index in [1.807, 2.05) is 6.92 Å². The second-order valence-corrected chi connectivity index (χ2v) is 7.71. The maximum atomic E-state index is 13.6. The summed E-state index contributed by atoms with van der Waals surface area (Å²) in [5.74, 6) is 0.0519. The van der Waals surface area contributed by atoms with Crippen molar-refractivity contribution in [1.29, 1.82) is 0 Å². The summed E-state index contributed by atoms with van der Waals surface area (Å²) in [6, 6.07) is 11.1. The summed E-state index contributed by atoms with van der Waals surface area (Å²) in [5, 5.41) is 6.96. The Morgan fingerprint density at radius 3 is 2.76 bits per heavy atom. The quantitative estimate of drug-likeness (QED) is 0.494. The number of carbonyl (C=O) groups is 2. The summed E-state index contributed by atoms with van der Waals surface area (Å²) in [5.41, 5.74) is 4.05. The van der Waals surface area contributed by atoms with Crippen molar-refractivity contribution < 1.29 is 23.5 Å². The highest BCUT2D eigenvalue weighted by Gasteiger charge is 2.26. The molecule has 1 aliphatic rings. The summed E-state index contributed by atoms with van der Waals surface area (Å²) in [7, 11) is 1.28. The number of ether oxygens (including phenoxy) is 2. The molecular formula is C24H20FN5O4. The van der Waals surface area contributed by atoms with E-state index in [1.54, 1.807) is 52.1 Å². The molecule has 0 bridgehead atoms. The van der Waals surface area contributed by atoms with Crippen LogP contribution >= 0.6 is 0 Å². The van der Waals surface area contributed by atoms with Crippen molar-refractivity contribution in [2.45, 2.75) is 6.92 Å². The molecule has 10 heteroatoms. The molecule has 3 aromatic heterocycles. The van der Waals surface area contributed by atoms with Gasteiger partial charge < -0.3 is 14.4 Å². The number of aryl methyl sites for hydroxylation is 1. The zero-order valence-electron chi connectivity index (χ0n) is 18.4. The van der Waals surface area contributed by atoms with Crippen LogP contribution in [0, 0.1) is 12.7 Å². The number of hydrogen-bond donors (Lipinski definition) is 1. The van der Waals surface area contributed by atoms with Gasteiger partial charge in [-0.1, -0.05) is 0 Å². The predicted molar refractivity (Wildman–Crippen MR) is 123 cm³/mol. The summed E-state index contributed by atoms with van der Waals surface area (Å²) in [6.07, 6.45) is 2.70. The number of nitrogens with one attached hydrogen (secondary N) is 1. The third-order valence-corrected chi connectivity index (χ3v) is 5.56. The highest BCUT2D eigenvalue weighted by molar-refractivity contribution is 6.08. The minimum absolute atomic E-state index is 0.218. The summed E-state index contributed by atoms with van der Waals surface area (Å²) in [6.45, 7) is 2.50. The average molecular weight is 461 g/mol. The van der Waals surface area contributed by atoms with Crippen LogP contribution in [-0.4, -0.2) is 46.9 Å². The molecule has 0 spiro atoms. The average Bonchev–Trinajstić information content (AvgIpc) is 3.28. The number of pyridine rings is 2. The van der Waals surface area contributed by atoms with Gasteiger partial charge in [-0.2, -0.15) is 5.10 Å². The molecule has 0 saturated heterocycles. The lowest BCUT2D eigenvalue weighted by Crippen LogP contribution is -2.38. The second-order valence-electron chi connectivity index (χ2n) is 7.71. The van der Waals surface area contributed by atoms with E-state index in [2.05, 4.69) is 20.1 Å². The zero-order chi connectivity index (χ0) is 23.8. The zero-order valence-corrected chi connectivity index (χ0v) is 18.4. The van der Waals surface area contributed by atoms with E-state index in [4.69, 9.17) is 4.74 Å². The minimum atomic E-state index is -0.609. The van der Waals surface area contributed by atoms with Crippen LogP contribution in [0.25, 0.3) is 16.6 Å². The lowest BCUT2D eigenvalue weighted by atomic mass is 10.1. The van der Waals surface area contributed by atoms with Crippen LogP contribution < -0.4 is 15.0 Å². The molecule has 1 aromatic carbocycles. The number of rotatable bonds is 3. The van der Waals surface area contributed by atoms with Gasteiger partial charge >= 0.3 is 6.09 Å². The van der Waals surface area contributed by atoms with Crippen molar-refractivity contribution in [1.82, 2.24) is 14.6 Å². The topological polar surface area (TPSA) is 98.1 Å². The number of amides is 2. The fourth-order valence-electron chi connectivity index (χ4n) is 3.94.